The van der Waals surface area contributed by atoms with Crippen LogP contribution < -0.4 is 5.32 Å². The molecule has 1 N–H and O–H groups in total. The van der Waals surface area contributed by atoms with Crippen LogP contribution in [-0.2, 0) is 11.8 Å². The molecular formula is C16H15BrFN. The maximum absolute atomic E-state index is 13.0. The molecule has 0 atom stereocenters. The summed E-state index contributed by atoms with van der Waals surface area (Å²) in [5.74, 6) is -0.176. The third-order valence-electron chi connectivity index (χ3n) is 3.83. The maximum Gasteiger partial charge on any atom is 0.123 e. The number of benzene rings is 2. The van der Waals surface area contributed by atoms with Gasteiger partial charge in [0.2, 0.25) is 0 Å². The van der Waals surface area contributed by atoms with E-state index in [1.807, 2.05) is 18.2 Å². The number of rotatable bonds is 3. The van der Waals surface area contributed by atoms with Gasteiger partial charge < -0.3 is 5.32 Å². The molecule has 1 aliphatic heterocycles. The van der Waals surface area contributed by atoms with Crippen LogP contribution in [0.2, 0.25) is 0 Å². The first-order valence-electron chi connectivity index (χ1n) is 6.40. The van der Waals surface area contributed by atoms with Crippen molar-refractivity contribution in [3.05, 3.63) is 69.9 Å². The Bertz CT molecular complexity index is 576. The van der Waals surface area contributed by atoms with Crippen LogP contribution >= 0.6 is 15.9 Å². The van der Waals surface area contributed by atoms with Crippen LogP contribution in [0, 0.1) is 5.82 Å². The average molecular weight is 320 g/mol. The van der Waals surface area contributed by atoms with Gasteiger partial charge in [-0.15, -0.1) is 0 Å². The Balaban J connectivity index is 1.92. The fraction of sp³-hybridized carbons (Fsp3) is 0.250. The molecule has 1 heterocycles. The van der Waals surface area contributed by atoms with Gasteiger partial charge in [0.15, 0.2) is 0 Å². The number of nitrogens with one attached hydrogen (secondary N) is 1. The van der Waals surface area contributed by atoms with Crippen molar-refractivity contribution in [1.82, 2.24) is 5.32 Å². The SMILES string of the molecule is Fc1ccc(CC2(c3ccccc3Br)CNC2)cc1. The second kappa shape index (κ2) is 5.06. The standard InChI is InChI=1S/C16H15BrFN/c17-15-4-2-1-3-14(15)16(10-19-11-16)9-12-5-7-13(18)8-6-12/h1-8,19H,9-11H2. The Morgan fingerprint density at radius 1 is 1.05 bits per heavy atom. The van der Waals surface area contributed by atoms with Gasteiger partial charge in [-0.05, 0) is 35.7 Å². The molecule has 0 saturated carbocycles. The molecule has 3 rings (SSSR count). The lowest BCUT2D eigenvalue weighted by molar-refractivity contribution is 0.273. The van der Waals surface area contributed by atoms with Gasteiger partial charge in [-0.3, -0.25) is 0 Å². The smallest absolute Gasteiger partial charge is 0.123 e. The lowest BCUT2D eigenvalue weighted by Gasteiger charge is -2.44. The van der Waals surface area contributed by atoms with Gasteiger partial charge in [0.05, 0.1) is 0 Å². The minimum absolute atomic E-state index is 0.123. The first-order valence-corrected chi connectivity index (χ1v) is 7.19. The van der Waals surface area contributed by atoms with Gasteiger partial charge >= 0.3 is 0 Å². The van der Waals surface area contributed by atoms with Gasteiger partial charge in [-0.2, -0.15) is 0 Å². The molecule has 0 aromatic heterocycles. The van der Waals surface area contributed by atoms with Crippen molar-refractivity contribution in [3.63, 3.8) is 0 Å². The molecule has 0 bridgehead atoms. The Kier molecular flexibility index (Phi) is 3.42. The molecule has 0 amide bonds. The molecule has 0 unspecified atom stereocenters. The van der Waals surface area contributed by atoms with E-state index in [4.69, 9.17) is 0 Å². The normalized spacial score (nSPS) is 16.9. The van der Waals surface area contributed by atoms with Crippen molar-refractivity contribution in [3.8, 4) is 0 Å². The van der Waals surface area contributed by atoms with Gasteiger partial charge in [0.1, 0.15) is 5.82 Å². The predicted octanol–water partition coefficient (Wildman–Crippen LogP) is 3.67. The number of halogens is 2. The molecule has 1 aliphatic rings. The highest BCUT2D eigenvalue weighted by Crippen LogP contribution is 2.36. The van der Waals surface area contributed by atoms with E-state index >= 15 is 0 Å². The van der Waals surface area contributed by atoms with E-state index in [-0.39, 0.29) is 11.2 Å². The van der Waals surface area contributed by atoms with Crippen LogP contribution in [0.15, 0.2) is 53.0 Å². The van der Waals surface area contributed by atoms with E-state index < -0.39 is 0 Å². The molecule has 0 aliphatic carbocycles. The van der Waals surface area contributed by atoms with Crippen molar-refractivity contribution < 1.29 is 4.39 Å². The monoisotopic (exact) mass is 319 g/mol. The van der Waals surface area contributed by atoms with Crippen LogP contribution in [0.25, 0.3) is 0 Å². The number of hydrogen-bond acceptors (Lipinski definition) is 1. The van der Waals surface area contributed by atoms with E-state index in [1.165, 1.54) is 23.3 Å². The molecule has 0 radical (unpaired) electrons. The molecule has 3 heteroatoms. The summed E-state index contributed by atoms with van der Waals surface area (Å²) in [6.45, 7) is 1.93. The number of hydrogen-bond donors (Lipinski definition) is 1. The highest BCUT2D eigenvalue weighted by molar-refractivity contribution is 9.10. The van der Waals surface area contributed by atoms with Gasteiger partial charge in [0.25, 0.3) is 0 Å². The van der Waals surface area contributed by atoms with E-state index in [0.717, 1.165) is 24.0 Å². The predicted molar refractivity (Wildman–Crippen MR) is 78.8 cm³/mol. The summed E-state index contributed by atoms with van der Waals surface area (Å²) < 4.78 is 14.1. The summed E-state index contributed by atoms with van der Waals surface area (Å²) in [4.78, 5) is 0. The van der Waals surface area contributed by atoms with Crippen LogP contribution in [0.3, 0.4) is 0 Å². The molecule has 1 nitrogen and oxygen atoms in total. The highest BCUT2D eigenvalue weighted by Gasteiger charge is 2.39. The second-order valence-corrected chi connectivity index (χ2v) is 6.02. The van der Waals surface area contributed by atoms with Gasteiger partial charge in [-0.25, -0.2) is 4.39 Å². The summed E-state index contributed by atoms with van der Waals surface area (Å²) in [5, 5.41) is 3.36. The third kappa shape index (κ3) is 2.45. The summed E-state index contributed by atoms with van der Waals surface area (Å²) in [6.07, 6.45) is 0.933. The van der Waals surface area contributed by atoms with Gasteiger partial charge in [0, 0.05) is 23.0 Å². The quantitative estimate of drug-likeness (QED) is 0.910. The van der Waals surface area contributed by atoms with E-state index in [2.05, 4.69) is 39.4 Å². The largest absolute Gasteiger partial charge is 0.315 e. The zero-order valence-electron chi connectivity index (χ0n) is 10.5. The molecule has 1 saturated heterocycles. The van der Waals surface area contributed by atoms with E-state index in [9.17, 15) is 4.39 Å². The van der Waals surface area contributed by atoms with Gasteiger partial charge in [-0.1, -0.05) is 46.3 Å². The summed E-state index contributed by atoms with van der Waals surface area (Å²) in [6, 6.07) is 15.2. The van der Waals surface area contributed by atoms with Crippen molar-refractivity contribution in [2.24, 2.45) is 0 Å². The molecule has 1 fully saturated rings. The van der Waals surface area contributed by atoms with Crippen LogP contribution in [-0.4, -0.2) is 13.1 Å². The fourth-order valence-electron chi connectivity index (χ4n) is 2.72. The topological polar surface area (TPSA) is 12.0 Å². The lowest BCUT2D eigenvalue weighted by atomic mass is 9.71. The Morgan fingerprint density at radius 3 is 2.32 bits per heavy atom. The fourth-order valence-corrected chi connectivity index (χ4v) is 3.43. The second-order valence-electron chi connectivity index (χ2n) is 5.17. The first kappa shape index (κ1) is 12.8. The Labute approximate surface area is 121 Å². The van der Waals surface area contributed by atoms with Crippen molar-refractivity contribution in [2.45, 2.75) is 11.8 Å². The Hall–Kier alpha value is -1.19. The minimum atomic E-state index is -0.176. The zero-order valence-corrected chi connectivity index (χ0v) is 12.1. The molecular weight excluding hydrogens is 305 g/mol. The summed E-state index contributed by atoms with van der Waals surface area (Å²) >= 11 is 3.64. The van der Waals surface area contributed by atoms with Crippen molar-refractivity contribution in [1.29, 1.82) is 0 Å². The molecule has 98 valence electrons. The molecule has 0 spiro atoms. The third-order valence-corrected chi connectivity index (χ3v) is 4.52. The zero-order chi connectivity index (χ0) is 13.3. The highest BCUT2D eigenvalue weighted by atomic mass is 79.9. The van der Waals surface area contributed by atoms with Crippen molar-refractivity contribution >= 4 is 15.9 Å². The summed E-state index contributed by atoms with van der Waals surface area (Å²) in [5.41, 5.74) is 2.63. The maximum atomic E-state index is 13.0. The van der Waals surface area contributed by atoms with Crippen LogP contribution in [0.5, 0.6) is 0 Å². The van der Waals surface area contributed by atoms with Crippen molar-refractivity contribution in [2.75, 3.05) is 13.1 Å². The van der Waals surface area contributed by atoms with E-state index in [0.29, 0.717) is 0 Å². The molecule has 19 heavy (non-hydrogen) atoms. The molecule has 2 aromatic carbocycles. The summed E-state index contributed by atoms with van der Waals surface area (Å²) in [7, 11) is 0. The molecule has 2 aromatic rings. The van der Waals surface area contributed by atoms with Crippen LogP contribution in [0.1, 0.15) is 11.1 Å². The average Bonchev–Trinajstić information content (AvgIpc) is 2.37. The van der Waals surface area contributed by atoms with E-state index in [1.54, 1.807) is 0 Å². The minimum Gasteiger partial charge on any atom is -0.315 e. The Morgan fingerprint density at radius 2 is 1.74 bits per heavy atom. The first-order chi connectivity index (χ1) is 9.20. The lowest BCUT2D eigenvalue weighted by Crippen LogP contribution is -2.58. The van der Waals surface area contributed by atoms with Crippen LogP contribution in [0.4, 0.5) is 4.39 Å².